The molecule has 0 fully saturated rings. The first-order valence-electron chi connectivity index (χ1n) is 5.24. The van der Waals surface area contributed by atoms with Crippen LogP contribution in [0.2, 0.25) is 5.02 Å². The Morgan fingerprint density at radius 2 is 2.11 bits per heavy atom. The van der Waals surface area contributed by atoms with E-state index in [9.17, 15) is 9.18 Å². The minimum atomic E-state index is -1.02. The first kappa shape index (κ1) is 14.6. The second-order valence-corrected chi connectivity index (χ2v) is 4.24. The Kier molecular flexibility index (Phi) is 4.78. The van der Waals surface area contributed by atoms with Crippen LogP contribution in [0.1, 0.15) is 12.5 Å². The highest BCUT2D eigenvalue weighted by Crippen LogP contribution is 2.38. The molecule has 0 aliphatic carbocycles. The van der Waals surface area contributed by atoms with Crippen LogP contribution in [-0.4, -0.2) is 25.3 Å². The summed E-state index contributed by atoms with van der Waals surface area (Å²) in [5.74, 6) is -2.00. The molecule has 1 aromatic carbocycles. The maximum absolute atomic E-state index is 13.9. The molecular formula is C12H14ClFO4. The van der Waals surface area contributed by atoms with Gasteiger partial charge >= 0.3 is 5.97 Å². The van der Waals surface area contributed by atoms with Gasteiger partial charge < -0.3 is 14.6 Å². The van der Waals surface area contributed by atoms with Crippen LogP contribution in [0, 0.1) is 11.7 Å². The molecule has 0 saturated heterocycles. The molecular weight excluding hydrogens is 263 g/mol. The molecule has 0 aliphatic heterocycles. The molecule has 0 aromatic heterocycles. The van der Waals surface area contributed by atoms with E-state index in [0.29, 0.717) is 0 Å². The van der Waals surface area contributed by atoms with E-state index in [2.05, 4.69) is 0 Å². The summed E-state index contributed by atoms with van der Waals surface area (Å²) in [6.45, 7) is 1.48. The van der Waals surface area contributed by atoms with Crippen molar-refractivity contribution in [3.05, 3.63) is 22.5 Å². The van der Waals surface area contributed by atoms with Crippen molar-refractivity contribution in [1.29, 1.82) is 0 Å². The number of halogens is 2. The predicted molar refractivity (Wildman–Crippen MR) is 65.0 cm³/mol. The number of carboxylic acid groups (broad SMARTS) is 1. The van der Waals surface area contributed by atoms with Gasteiger partial charge in [0.05, 0.1) is 25.2 Å². The smallest absolute Gasteiger partial charge is 0.306 e. The summed E-state index contributed by atoms with van der Waals surface area (Å²) in [6, 6.07) is 1.30. The summed E-state index contributed by atoms with van der Waals surface area (Å²) in [6.07, 6.45) is -0.0265. The average molecular weight is 277 g/mol. The third kappa shape index (κ3) is 2.85. The zero-order valence-electron chi connectivity index (χ0n) is 10.3. The zero-order chi connectivity index (χ0) is 13.9. The molecule has 4 nitrogen and oxygen atoms in total. The number of rotatable bonds is 5. The van der Waals surface area contributed by atoms with Gasteiger partial charge in [0, 0.05) is 11.6 Å². The number of carboxylic acids is 1. The summed E-state index contributed by atoms with van der Waals surface area (Å²) < 4.78 is 24.0. The highest BCUT2D eigenvalue weighted by molar-refractivity contribution is 6.31. The van der Waals surface area contributed by atoms with Gasteiger partial charge in [0.1, 0.15) is 5.82 Å². The average Bonchev–Trinajstić information content (AvgIpc) is 2.34. The van der Waals surface area contributed by atoms with E-state index in [0.717, 1.165) is 0 Å². The third-order valence-corrected chi connectivity index (χ3v) is 2.86. The lowest BCUT2D eigenvalue weighted by atomic mass is 9.99. The van der Waals surface area contributed by atoms with E-state index in [-0.39, 0.29) is 28.5 Å². The summed E-state index contributed by atoms with van der Waals surface area (Å²) in [5, 5.41) is 8.74. The van der Waals surface area contributed by atoms with Crippen LogP contribution in [0.25, 0.3) is 0 Å². The largest absolute Gasteiger partial charge is 0.493 e. The molecule has 6 heteroatoms. The molecule has 0 spiro atoms. The van der Waals surface area contributed by atoms with Crippen molar-refractivity contribution in [3.63, 3.8) is 0 Å². The van der Waals surface area contributed by atoms with Gasteiger partial charge in [-0.25, -0.2) is 4.39 Å². The molecule has 100 valence electrons. The van der Waals surface area contributed by atoms with Gasteiger partial charge in [0.2, 0.25) is 0 Å². The SMILES string of the molecule is COc1cc(Cl)c(F)c(CC(C)C(=O)O)c1OC. The molecule has 0 amide bonds. The molecule has 0 aliphatic rings. The highest BCUT2D eigenvalue weighted by Gasteiger charge is 2.23. The second kappa shape index (κ2) is 5.91. The number of carbonyl (C=O) groups is 1. The molecule has 1 atom stereocenters. The zero-order valence-corrected chi connectivity index (χ0v) is 11.0. The Morgan fingerprint density at radius 1 is 1.50 bits per heavy atom. The van der Waals surface area contributed by atoms with Crippen molar-refractivity contribution in [2.45, 2.75) is 13.3 Å². The van der Waals surface area contributed by atoms with Crippen LogP contribution in [0.15, 0.2) is 6.07 Å². The normalized spacial score (nSPS) is 12.1. The minimum absolute atomic E-state index is 0.0265. The summed E-state index contributed by atoms with van der Waals surface area (Å²) in [5.41, 5.74) is 0.108. The van der Waals surface area contributed by atoms with Crippen LogP contribution < -0.4 is 9.47 Å². The van der Waals surface area contributed by atoms with Crippen molar-refractivity contribution in [2.24, 2.45) is 5.92 Å². The lowest BCUT2D eigenvalue weighted by molar-refractivity contribution is -0.141. The lowest BCUT2D eigenvalue weighted by Crippen LogP contribution is -2.14. The Hall–Kier alpha value is -1.49. The van der Waals surface area contributed by atoms with E-state index in [4.69, 9.17) is 26.2 Å². The van der Waals surface area contributed by atoms with Crippen molar-refractivity contribution >= 4 is 17.6 Å². The van der Waals surface area contributed by atoms with Gasteiger partial charge in [0.15, 0.2) is 11.5 Å². The van der Waals surface area contributed by atoms with Gasteiger partial charge in [-0.05, 0) is 6.42 Å². The molecule has 1 N–H and O–H groups in total. The molecule has 1 unspecified atom stereocenters. The quantitative estimate of drug-likeness (QED) is 0.898. The first-order valence-corrected chi connectivity index (χ1v) is 5.61. The Bertz CT molecular complexity index is 462. The maximum atomic E-state index is 13.9. The number of aliphatic carboxylic acids is 1. The summed E-state index contributed by atoms with van der Waals surface area (Å²) >= 11 is 5.73. The fourth-order valence-corrected chi connectivity index (χ4v) is 1.80. The van der Waals surface area contributed by atoms with Gasteiger partial charge in [-0.15, -0.1) is 0 Å². The van der Waals surface area contributed by atoms with Crippen LogP contribution >= 0.6 is 11.6 Å². The number of ether oxygens (including phenoxy) is 2. The van der Waals surface area contributed by atoms with E-state index in [1.807, 2.05) is 0 Å². The third-order valence-electron chi connectivity index (χ3n) is 2.59. The molecule has 0 heterocycles. The fraction of sp³-hybridized carbons (Fsp3) is 0.417. The molecule has 1 rings (SSSR count). The predicted octanol–water partition coefficient (Wildman–Crippen LogP) is 2.76. The van der Waals surface area contributed by atoms with Crippen molar-refractivity contribution in [2.75, 3.05) is 14.2 Å². The van der Waals surface area contributed by atoms with Crippen LogP contribution in [0.4, 0.5) is 4.39 Å². The van der Waals surface area contributed by atoms with Gasteiger partial charge in [0.25, 0.3) is 0 Å². The molecule has 0 bridgehead atoms. The van der Waals surface area contributed by atoms with Gasteiger partial charge in [-0.1, -0.05) is 18.5 Å². The fourth-order valence-electron chi connectivity index (χ4n) is 1.59. The van der Waals surface area contributed by atoms with Gasteiger partial charge in [-0.3, -0.25) is 4.79 Å². The van der Waals surface area contributed by atoms with E-state index >= 15 is 0 Å². The summed E-state index contributed by atoms with van der Waals surface area (Å²) in [7, 11) is 2.76. The Balaban J connectivity index is 3.30. The van der Waals surface area contributed by atoms with E-state index < -0.39 is 17.7 Å². The van der Waals surface area contributed by atoms with Crippen LogP contribution in [-0.2, 0) is 11.2 Å². The van der Waals surface area contributed by atoms with Crippen molar-refractivity contribution in [3.8, 4) is 11.5 Å². The van der Waals surface area contributed by atoms with E-state index in [1.165, 1.54) is 27.2 Å². The monoisotopic (exact) mass is 276 g/mol. The molecule has 1 aromatic rings. The minimum Gasteiger partial charge on any atom is -0.493 e. The van der Waals surface area contributed by atoms with Crippen LogP contribution in [0.5, 0.6) is 11.5 Å². The standard InChI is InChI=1S/C12H14ClFO4/c1-6(12(15)16)4-7-10(14)8(13)5-9(17-2)11(7)18-3/h5-6H,4H2,1-3H3,(H,15,16). The topological polar surface area (TPSA) is 55.8 Å². The lowest BCUT2D eigenvalue weighted by Gasteiger charge is -2.16. The second-order valence-electron chi connectivity index (χ2n) is 3.83. The van der Waals surface area contributed by atoms with Gasteiger partial charge in [-0.2, -0.15) is 0 Å². The van der Waals surface area contributed by atoms with Crippen molar-refractivity contribution in [1.82, 2.24) is 0 Å². The van der Waals surface area contributed by atoms with Crippen molar-refractivity contribution < 1.29 is 23.8 Å². The Labute approximate surface area is 109 Å². The molecule has 0 saturated carbocycles. The molecule has 0 radical (unpaired) electrons. The Morgan fingerprint density at radius 3 is 2.56 bits per heavy atom. The first-order chi connectivity index (χ1) is 8.42. The number of methoxy groups -OCH3 is 2. The van der Waals surface area contributed by atoms with Crippen LogP contribution in [0.3, 0.4) is 0 Å². The summed E-state index contributed by atoms with van der Waals surface area (Å²) in [4.78, 5) is 10.8. The molecule has 18 heavy (non-hydrogen) atoms. The highest BCUT2D eigenvalue weighted by atomic mass is 35.5. The number of hydrogen-bond donors (Lipinski definition) is 1. The number of benzene rings is 1. The maximum Gasteiger partial charge on any atom is 0.306 e. The number of hydrogen-bond acceptors (Lipinski definition) is 3. The van der Waals surface area contributed by atoms with E-state index in [1.54, 1.807) is 0 Å².